The van der Waals surface area contributed by atoms with Crippen LogP contribution in [0.2, 0.25) is 0 Å². The Morgan fingerprint density at radius 1 is 0.262 bits per heavy atom. The fraction of sp³-hybridized carbons (Fsp3) is 0.0625. The second kappa shape index (κ2) is 14.3. The molecule has 0 bridgehead atoms. The van der Waals surface area contributed by atoms with Crippen LogP contribution in [0.1, 0.15) is 47.2 Å². The van der Waals surface area contributed by atoms with E-state index in [1.807, 2.05) is 0 Å². The molecular formula is C64H45N. The quantitative estimate of drug-likeness (QED) is 0.161. The molecule has 1 heteroatoms. The zero-order valence-corrected chi connectivity index (χ0v) is 36.5. The Labute approximate surface area is 381 Å². The lowest BCUT2D eigenvalue weighted by molar-refractivity contribution is 0.660. The standard InChI is InChI=1S/C64H45N/c1-63(2)56-25-10-6-20-51(56)54-39-34-46(41-61(54)63)45-18-14-19-49(40-45)65(47-35-30-43(31-36-47)42-16-4-3-5-17-42)48-37-32-44(33-38-48)50-24-15-29-60-62(50)55-23-9-13-28-59(55)64(60)57-26-11-7-21-52(57)53-22-8-12-27-58(53)64/h3-41H,1-2H3. The molecular weight excluding hydrogens is 783 g/mol. The second-order valence-electron chi connectivity index (χ2n) is 18.4. The smallest absolute Gasteiger partial charge is 0.0725 e. The summed E-state index contributed by atoms with van der Waals surface area (Å²) in [5.41, 5.74) is 26.4. The molecule has 3 aliphatic rings. The first kappa shape index (κ1) is 37.5. The normalized spacial score (nSPS) is 13.9. The van der Waals surface area contributed by atoms with Gasteiger partial charge in [0.2, 0.25) is 0 Å². The molecule has 0 amide bonds. The number of benzene rings is 10. The van der Waals surface area contributed by atoms with Gasteiger partial charge in [0.25, 0.3) is 0 Å². The first-order chi connectivity index (χ1) is 32.0. The minimum atomic E-state index is -0.374. The Bertz CT molecular complexity index is 3460. The Kier molecular flexibility index (Phi) is 8.24. The van der Waals surface area contributed by atoms with Gasteiger partial charge in [0.1, 0.15) is 0 Å². The summed E-state index contributed by atoms with van der Waals surface area (Å²) < 4.78 is 0. The third-order valence-corrected chi connectivity index (χ3v) is 14.7. The van der Waals surface area contributed by atoms with Gasteiger partial charge >= 0.3 is 0 Å². The Balaban J connectivity index is 0.931. The van der Waals surface area contributed by atoms with Crippen LogP contribution < -0.4 is 4.90 Å². The molecule has 13 rings (SSSR count). The summed E-state index contributed by atoms with van der Waals surface area (Å²) in [5.74, 6) is 0. The summed E-state index contributed by atoms with van der Waals surface area (Å²) >= 11 is 0. The summed E-state index contributed by atoms with van der Waals surface area (Å²) in [6, 6.07) is 88.0. The van der Waals surface area contributed by atoms with Crippen LogP contribution >= 0.6 is 0 Å². The van der Waals surface area contributed by atoms with Crippen LogP contribution in [-0.4, -0.2) is 0 Å². The topological polar surface area (TPSA) is 3.24 Å². The minimum absolute atomic E-state index is 0.0680. The van der Waals surface area contributed by atoms with Crippen molar-refractivity contribution in [2.24, 2.45) is 0 Å². The van der Waals surface area contributed by atoms with E-state index < -0.39 is 0 Å². The van der Waals surface area contributed by atoms with E-state index in [4.69, 9.17) is 0 Å². The number of anilines is 3. The fourth-order valence-electron chi connectivity index (χ4n) is 11.8. The number of hydrogen-bond acceptors (Lipinski definition) is 1. The lowest BCUT2D eigenvalue weighted by Crippen LogP contribution is -2.25. The molecule has 0 heterocycles. The van der Waals surface area contributed by atoms with Gasteiger partial charge in [0.15, 0.2) is 0 Å². The molecule has 65 heavy (non-hydrogen) atoms. The van der Waals surface area contributed by atoms with Crippen molar-refractivity contribution in [3.8, 4) is 66.8 Å². The van der Waals surface area contributed by atoms with E-state index >= 15 is 0 Å². The average Bonchev–Trinajstić information content (AvgIpc) is 3.93. The van der Waals surface area contributed by atoms with E-state index in [0.29, 0.717) is 0 Å². The van der Waals surface area contributed by atoms with Crippen LogP contribution in [0.4, 0.5) is 17.1 Å². The zero-order chi connectivity index (χ0) is 43.3. The van der Waals surface area contributed by atoms with Crippen molar-refractivity contribution in [3.05, 3.63) is 270 Å². The van der Waals surface area contributed by atoms with Gasteiger partial charge in [-0.15, -0.1) is 0 Å². The average molecular weight is 828 g/mol. The maximum absolute atomic E-state index is 2.42. The molecule has 0 saturated carbocycles. The van der Waals surface area contributed by atoms with Crippen molar-refractivity contribution >= 4 is 17.1 Å². The fourth-order valence-corrected chi connectivity index (χ4v) is 11.8. The SMILES string of the molecule is CC1(C)c2ccccc2-c2ccc(-c3cccc(N(c4ccc(-c5ccccc5)cc4)c4ccc(-c5cccc6c5-c5ccccc5C65c6ccccc6-c6ccccc65)cc4)c3)cc21. The number of fused-ring (bicyclic) bond motifs is 13. The highest BCUT2D eigenvalue weighted by atomic mass is 15.1. The molecule has 1 nitrogen and oxygen atoms in total. The molecule has 0 fully saturated rings. The molecule has 10 aromatic carbocycles. The maximum atomic E-state index is 2.42. The van der Waals surface area contributed by atoms with Crippen LogP contribution in [0.25, 0.3) is 66.8 Å². The second-order valence-corrected chi connectivity index (χ2v) is 18.4. The number of rotatable bonds is 6. The minimum Gasteiger partial charge on any atom is -0.310 e. The van der Waals surface area contributed by atoms with Gasteiger partial charge in [0.05, 0.1) is 5.41 Å². The van der Waals surface area contributed by atoms with Gasteiger partial charge < -0.3 is 4.90 Å². The monoisotopic (exact) mass is 827 g/mol. The van der Waals surface area contributed by atoms with E-state index in [0.717, 1.165) is 17.1 Å². The van der Waals surface area contributed by atoms with E-state index in [1.54, 1.807) is 0 Å². The lowest BCUT2D eigenvalue weighted by Gasteiger charge is -2.30. The zero-order valence-electron chi connectivity index (χ0n) is 36.5. The lowest BCUT2D eigenvalue weighted by atomic mass is 9.70. The number of hydrogen-bond donors (Lipinski definition) is 0. The predicted molar refractivity (Wildman–Crippen MR) is 271 cm³/mol. The van der Waals surface area contributed by atoms with Crippen molar-refractivity contribution in [3.63, 3.8) is 0 Å². The first-order valence-electron chi connectivity index (χ1n) is 22.8. The van der Waals surface area contributed by atoms with Crippen molar-refractivity contribution in [1.82, 2.24) is 0 Å². The molecule has 0 saturated heterocycles. The van der Waals surface area contributed by atoms with Crippen molar-refractivity contribution in [1.29, 1.82) is 0 Å². The van der Waals surface area contributed by atoms with Crippen molar-refractivity contribution in [2.45, 2.75) is 24.7 Å². The predicted octanol–water partition coefficient (Wildman–Crippen LogP) is 16.8. The maximum Gasteiger partial charge on any atom is 0.0725 e. The van der Waals surface area contributed by atoms with Crippen LogP contribution in [0.15, 0.2) is 237 Å². The third-order valence-electron chi connectivity index (χ3n) is 14.7. The summed E-state index contributed by atoms with van der Waals surface area (Å²) in [6.07, 6.45) is 0. The highest BCUT2D eigenvalue weighted by molar-refractivity contribution is 6.00. The third kappa shape index (κ3) is 5.46. The Hall–Kier alpha value is -8.00. The van der Waals surface area contributed by atoms with Gasteiger partial charge in [-0.2, -0.15) is 0 Å². The van der Waals surface area contributed by atoms with Crippen LogP contribution in [0.5, 0.6) is 0 Å². The molecule has 0 N–H and O–H groups in total. The van der Waals surface area contributed by atoms with Crippen molar-refractivity contribution in [2.75, 3.05) is 4.90 Å². The highest BCUT2D eigenvalue weighted by Crippen LogP contribution is 2.64. The molecule has 306 valence electrons. The first-order valence-corrected chi connectivity index (χ1v) is 22.8. The summed E-state index contributed by atoms with van der Waals surface area (Å²) in [7, 11) is 0. The van der Waals surface area contributed by atoms with Gasteiger partial charge in [-0.1, -0.05) is 208 Å². The van der Waals surface area contributed by atoms with Gasteiger partial charge in [-0.05, 0) is 143 Å². The summed E-state index contributed by atoms with van der Waals surface area (Å²) in [5, 5.41) is 0. The molecule has 0 unspecified atom stereocenters. The molecule has 1 spiro atoms. The summed E-state index contributed by atoms with van der Waals surface area (Å²) in [6.45, 7) is 4.71. The van der Waals surface area contributed by atoms with Gasteiger partial charge in [0, 0.05) is 22.5 Å². The highest BCUT2D eigenvalue weighted by Gasteiger charge is 2.52. The molecule has 3 aliphatic carbocycles. The molecule has 0 atom stereocenters. The van der Waals surface area contributed by atoms with E-state index in [2.05, 4.69) is 255 Å². The van der Waals surface area contributed by atoms with Gasteiger partial charge in [-0.25, -0.2) is 0 Å². The number of nitrogens with zero attached hydrogens (tertiary/aromatic N) is 1. The van der Waals surface area contributed by atoms with E-state index in [-0.39, 0.29) is 10.8 Å². The molecule has 0 aromatic heterocycles. The Morgan fingerprint density at radius 2 is 0.692 bits per heavy atom. The molecule has 0 radical (unpaired) electrons. The largest absolute Gasteiger partial charge is 0.310 e. The van der Waals surface area contributed by atoms with E-state index in [9.17, 15) is 0 Å². The Morgan fingerprint density at radius 3 is 1.35 bits per heavy atom. The molecule has 0 aliphatic heterocycles. The van der Waals surface area contributed by atoms with Crippen LogP contribution in [-0.2, 0) is 10.8 Å². The van der Waals surface area contributed by atoms with Gasteiger partial charge in [-0.3, -0.25) is 0 Å². The molecule has 10 aromatic rings. The summed E-state index contributed by atoms with van der Waals surface area (Å²) in [4.78, 5) is 2.40. The van der Waals surface area contributed by atoms with Crippen molar-refractivity contribution < 1.29 is 0 Å². The van der Waals surface area contributed by atoms with Crippen LogP contribution in [0.3, 0.4) is 0 Å². The van der Waals surface area contributed by atoms with E-state index in [1.165, 1.54) is 100 Å². The van der Waals surface area contributed by atoms with Crippen LogP contribution in [0, 0.1) is 0 Å².